The van der Waals surface area contributed by atoms with E-state index in [9.17, 15) is 9.59 Å². The van der Waals surface area contributed by atoms with Crippen molar-refractivity contribution in [2.45, 2.75) is 26.2 Å². The van der Waals surface area contributed by atoms with E-state index in [4.69, 9.17) is 0 Å². The Bertz CT molecular complexity index is 584. The van der Waals surface area contributed by atoms with Crippen molar-refractivity contribution in [2.24, 2.45) is 0 Å². The van der Waals surface area contributed by atoms with Crippen molar-refractivity contribution in [1.29, 1.82) is 0 Å². The molecule has 92 valence electrons. The van der Waals surface area contributed by atoms with Gasteiger partial charge in [0.15, 0.2) is 5.78 Å². The lowest BCUT2D eigenvalue weighted by molar-refractivity contribution is -0.118. The summed E-state index contributed by atoms with van der Waals surface area (Å²) >= 11 is 0. The molecule has 0 fully saturated rings. The first kappa shape index (κ1) is 12.5. The minimum Gasteiger partial charge on any atom is -0.299 e. The van der Waals surface area contributed by atoms with Crippen molar-refractivity contribution in [2.75, 3.05) is 0 Å². The van der Waals surface area contributed by atoms with Gasteiger partial charge < -0.3 is 0 Å². The van der Waals surface area contributed by atoms with Crippen LogP contribution in [-0.4, -0.2) is 11.6 Å². The Labute approximate surface area is 107 Å². The van der Waals surface area contributed by atoms with Gasteiger partial charge in [-0.25, -0.2) is 0 Å². The molecular weight excluding hydrogens is 224 g/mol. The fraction of sp³-hybridized carbons (Fsp3) is 0.250. The molecule has 0 atom stereocenters. The summed E-state index contributed by atoms with van der Waals surface area (Å²) in [6.45, 7) is 1.94. The fourth-order valence-electron chi connectivity index (χ4n) is 2.01. The van der Waals surface area contributed by atoms with Gasteiger partial charge in [-0.1, -0.05) is 43.3 Å². The molecule has 0 aliphatic heterocycles. The highest BCUT2D eigenvalue weighted by atomic mass is 16.1. The fourth-order valence-corrected chi connectivity index (χ4v) is 2.01. The summed E-state index contributed by atoms with van der Waals surface area (Å²) in [6, 6.07) is 13.5. The quantitative estimate of drug-likeness (QED) is 0.588. The second-order valence-corrected chi connectivity index (χ2v) is 4.45. The number of hydrogen-bond acceptors (Lipinski definition) is 2. The molecule has 0 aliphatic carbocycles. The van der Waals surface area contributed by atoms with Crippen molar-refractivity contribution in [3.63, 3.8) is 0 Å². The van der Waals surface area contributed by atoms with Crippen molar-refractivity contribution in [3.05, 3.63) is 48.0 Å². The van der Waals surface area contributed by atoms with Gasteiger partial charge in [0.2, 0.25) is 0 Å². The summed E-state index contributed by atoms with van der Waals surface area (Å²) in [4.78, 5) is 23.4. The molecule has 0 saturated heterocycles. The molecule has 2 nitrogen and oxygen atoms in total. The zero-order chi connectivity index (χ0) is 13.0. The van der Waals surface area contributed by atoms with Crippen LogP contribution in [0.15, 0.2) is 42.5 Å². The van der Waals surface area contributed by atoms with Crippen molar-refractivity contribution >= 4 is 22.3 Å². The molecule has 2 rings (SSSR count). The average Bonchev–Trinajstić information content (AvgIpc) is 2.38. The first-order valence-electron chi connectivity index (χ1n) is 6.24. The maximum absolute atomic E-state index is 12.0. The van der Waals surface area contributed by atoms with Crippen LogP contribution in [0.2, 0.25) is 0 Å². The standard InChI is InChI=1S/C16H16O2/c1-2-5-15(17)11-16(18)14-9-8-12-6-3-4-7-13(12)10-14/h3-4,6-10H,2,5,11H2,1H3. The first-order valence-corrected chi connectivity index (χ1v) is 6.24. The molecule has 0 unspecified atom stereocenters. The molecule has 0 saturated carbocycles. The lowest BCUT2D eigenvalue weighted by Crippen LogP contribution is -2.07. The van der Waals surface area contributed by atoms with E-state index in [1.807, 2.05) is 43.3 Å². The Hall–Kier alpha value is -1.96. The third-order valence-electron chi connectivity index (χ3n) is 2.96. The van der Waals surface area contributed by atoms with Crippen LogP contribution in [0.5, 0.6) is 0 Å². The number of benzene rings is 2. The molecular formula is C16H16O2. The van der Waals surface area contributed by atoms with Gasteiger partial charge in [-0.3, -0.25) is 9.59 Å². The summed E-state index contributed by atoms with van der Waals surface area (Å²) < 4.78 is 0. The topological polar surface area (TPSA) is 34.1 Å². The van der Waals surface area contributed by atoms with Crippen LogP contribution >= 0.6 is 0 Å². The molecule has 0 N–H and O–H groups in total. The largest absolute Gasteiger partial charge is 0.299 e. The minimum atomic E-state index is -0.0841. The first-order chi connectivity index (χ1) is 8.70. The Kier molecular flexibility index (Phi) is 3.88. The Morgan fingerprint density at radius 3 is 2.44 bits per heavy atom. The molecule has 0 bridgehead atoms. The summed E-state index contributed by atoms with van der Waals surface area (Å²) in [7, 11) is 0. The van der Waals surface area contributed by atoms with Gasteiger partial charge in [0.1, 0.15) is 5.78 Å². The lowest BCUT2D eigenvalue weighted by atomic mass is 10.0. The summed E-state index contributed by atoms with van der Waals surface area (Å²) in [5.41, 5.74) is 0.623. The van der Waals surface area contributed by atoms with Crippen LogP contribution in [0.4, 0.5) is 0 Å². The van der Waals surface area contributed by atoms with Gasteiger partial charge in [0, 0.05) is 12.0 Å². The van der Waals surface area contributed by atoms with Crippen LogP contribution < -0.4 is 0 Å². The van der Waals surface area contributed by atoms with Crippen molar-refractivity contribution < 1.29 is 9.59 Å². The third kappa shape index (κ3) is 2.83. The number of Topliss-reactive ketones (excluding diaryl/α,β-unsaturated/α-hetero) is 2. The number of rotatable bonds is 5. The van der Waals surface area contributed by atoms with Gasteiger partial charge in [0.25, 0.3) is 0 Å². The van der Waals surface area contributed by atoms with E-state index in [0.717, 1.165) is 17.2 Å². The highest BCUT2D eigenvalue weighted by Crippen LogP contribution is 2.17. The smallest absolute Gasteiger partial charge is 0.170 e. The number of carbonyl (C=O) groups is 2. The Morgan fingerprint density at radius 2 is 1.72 bits per heavy atom. The van der Waals surface area contributed by atoms with Crippen LogP contribution in [0.1, 0.15) is 36.5 Å². The van der Waals surface area contributed by atoms with E-state index < -0.39 is 0 Å². The number of hydrogen-bond donors (Lipinski definition) is 0. The predicted molar refractivity (Wildman–Crippen MR) is 72.8 cm³/mol. The Morgan fingerprint density at radius 1 is 1.00 bits per heavy atom. The molecule has 0 heterocycles. The molecule has 0 radical (unpaired) electrons. The summed E-state index contributed by atoms with van der Waals surface area (Å²) in [5, 5.41) is 2.14. The lowest BCUT2D eigenvalue weighted by Gasteiger charge is -2.02. The molecule has 18 heavy (non-hydrogen) atoms. The van der Waals surface area contributed by atoms with E-state index in [0.29, 0.717) is 12.0 Å². The molecule has 2 aromatic carbocycles. The van der Waals surface area contributed by atoms with Gasteiger partial charge in [-0.05, 0) is 23.3 Å². The molecule has 0 aromatic heterocycles. The maximum Gasteiger partial charge on any atom is 0.170 e. The number of fused-ring (bicyclic) bond motifs is 1. The van der Waals surface area contributed by atoms with E-state index in [-0.39, 0.29) is 18.0 Å². The third-order valence-corrected chi connectivity index (χ3v) is 2.96. The van der Waals surface area contributed by atoms with Crippen LogP contribution in [0, 0.1) is 0 Å². The average molecular weight is 240 g/mol. The monoisotopic (exact) mass is 240 g/mol. The van der Waals surface area contributed by atoms with Crippen molar-refractivity contribution in [3.8, 4) is 0 Å². The van der Waals surface area contributed by atoms with Crippen LogP contribution in [0.25, 0.3) is 10.8 Å². The number of ketones is 2. The van der Waals surface area contributed by atoms with Gasteiger partial charge in [-0.15, -0.1) is 0 Å². The highest BCUT2D eigenvalue weighted by Gasteiger charge is 2.11. The highest BCUT2D eigenvalue weighted by molar-refractivity contribution is 6.09. The van der Waals surface area contributed by atoms with Crippen LogP contribution in [0.3, 0.4) is 0 Å². The van der Waals surface area contributed by atoms with Gasteiger partial charge in [-0.2, -0.15) is 0 Å². The van der Waals surface area contributed by atoms with Gasteiger partial charge >= 0.3 is 0 Å². The Balaban J connectivity index is 2.20. The zero-order valence-electron chi connectivity index (χ0n) is 10.5. The second kappa shape index (κ2) is 5.58. The van der Waals surface area contributed by atoms with Crippen molar-refractivity contribution in [1.82, 2.24) is 0 Å². The predicted octanol–water partition coefficient (Wildman–Crippen LogP) is 3.78. The van der Waals surface area contributed by atoms with E-state index in [1.165, 1.54) is 0 Å². The van der Waals surface area contributed by atoms with Gasteiger partial charge in [0.05, 0.1) is 6.42 Å². The number of carbonyl (C=O) groups excluding carboxylic acids is 2. The molecule has 0 amide bonds. The molecule has 2 aromatic rings. The minimum absolute atomic E-state index is 0.0200. The normalized spacial score (nSPS) is 10.5. The SMILES string of the molecule is CCCC(=O)CC(=O)c1ccc2ccccc2c1. The zero-order valence-corrected chi connectivity index (χ0v) is 10.5. The summed E-state index contributed by atoms with van der Waals surface area (Å²) in [5.74, 6) is -0.0603. The van der Waals surface area contributed by atoms with E-state index >= 15 is 0 Å². The van der Waals surface area contributed by atoms with Crippen LogP contribution in [-0.2, 0) is 4.79 Å². The molecule has 2 heteroatoms. The second-order valence-electron chi connectivity index (χ2n) is 4.45. The van der Waals surface area contributed by atoms with E-state index in [1.54, 1.807) is 6.07 Å². The maximum atomic E-state index is 12.0. The van der Waals surface area contributed by atoms with E-state index in [2.05, 4.69) is 0 Å². The summed E-state index contributed by atoms with van der Waals surface area (Å²) in [6.07, 6.45) is 1.30. The molecule has 0 aliphatic rings. The molecule has 0 spiro atoms.